The lowest BCUT2D eigenvalue weighted by molar-refractivity contribution is -0.141. The van der Waals surface area contributed by atoms with E-state index in [0.717, 1.165) is 31.1 Å². The Balaban J connectivity index is 2.14. The predicted octanol–water partition coefficient (Wildman–Crippen LogP) is 8.59. The highest BCUT2D eigenvalue weighted by atomic mass is 31.0. The second-order valence-corrected chi connectivity index (χ2v) is 11.1. The van der Waals surface area contributed by atoms with Crippen molar-refractivity contribution in [2.24, 2.45) is 23.7 Å². The van der Waals surface area contributed by atoms with E-state index in [1.54, 1.807) is 12.5 Å². The van der Waals surface area contributed by atoms with E-state index in [1.165, 1.54) is 56.1 Å². The van der Waals surface area contributed by atoms with Crippen LogP contribution in [-0.4, -0.2) is 16.7 Å². The molecule has 1 N–H and O–H groups in total. The van der Waals surface area contributed by atoms with E-state index < -0.39 is 5.97 Å². The topological polar surface area (TPSA) is 37.3 Å². The third kappa shape index (κ3) is 11.5. The molecule has 0 aromatic heterocycles. The molecule has 0 spiro atoms. The molecule has 6 unspecified atom stereocenters. The molecule has 0 fully saturated rings. The van der Waals surface area contributed by atoms with Gasteiger partial charge in [-0.25, -0.2) is 0 Å². The number of hydrogen-bond acceptors (Lipinski definition) is 1. The van der Waals surface area contributed by atoms with Gasteiger partial charge in [0.25, 0.3) is 0 Å². The van der Waals surface area contributed by atoms with Crippen molar-refractivity contribution in [1.29, 1.82) is 0 Å². The number of allylic oxidation sites excluding steroid dienone is 6. The Morgan fingerprint density at radius 1 is 1.06 bits per heavy atom. The number of aliphatic carboxylic acids is 1. The Morgan fingerprint density at radius 2 is 1.68 bits per heavy atom. The smallest absolute Gasteiger partial charge is 0.306 e. The van der Waals surface area contributed by atoms with Crippen molar-refractivity contribution in [1.82, 2.24) is 0 Å². The molecule has 2 nitrogen and oxygen atoms in total. The van der Waals surface area contributed by atoms with Crippen LogP contribution >= 0.6 is 9.24 Å². The Labute approximate surface area is 195 Å². The minimum atomic E-state index is -0.685. The molecular formula is C28H49O2P. The number of rotatable bonds is 15. The molecule has 1 aliphatic carbocycles. The summed E-state index contributed by atoms with van der Waals surface area (Å²) in [6, 6.07) is 0. The molecule has 31 heavy (non-hydrogen) atoms. The van der Waals surface area contributed by atoms with Crippen LogP contribution in [0.3, 0.4) is 0 Å². The summed E-state index contributed by atoms with van der Waals surface area (Å²) in [6.07, 6.45) is 18.9. The summed E-state index contributed by atoms with van der Waals surface area (Å²) in [5.74, 6) is 1.35. The van der Waals surface area contributed by atoms with Gasteiger partial charge >= 0.3 is 5.97 Å². The summed E-state index contributed by atoms with van der Waals surface area (Å²) in [6.45, 7) is 13.4. The van der Waals surface area contributed by atoms with Gasteiger partial charge in [0, 0.05) is 5.66 Å². The first-order valence-electron chi connectivity index (χ1n) is 12.6. The third-order valence-corrected chi connectivity index (χ3v) is 8.35. The van der Waals surface area contributed by atoms with E-state index in [9.17, 15) is 4.79 Å². The second-order valence-electron chi connectivity index (χ2n) is 10.4. The largest absolute Gasteiger partial charge is 0.481 e. The highest BCUT2D eigenvalue weighted by Gasteiger charge is 2.21. The van der Waals surface area contributed by atoms with Gasteiger partial charge < -0.3 is 5.11 Å². The summed E-state index contributed by atoms with van der Waals surface area (Å²) in [5, 5.41) is 8.95. The highest BCUT2D eigenvalue weighted by Crippen LogP contribution is 2.34. The molecule has 0 heterocycles. The maximum atomic E-state index is 10.9. The first kappa shape index (κ1) is 28.2. The van der Waals surface area contributed by atoms with E-state index in [-0.39, 0.29) is 5.92 Å². The number of hydrogen-bond donors (Lipinski definition) is 1. The van der Waals surface area contributed by atoms with Gasteiger partial charge in [0.15, 0.2) is 0 Å². The lowest BCUT2D eigenvalue weighted by atomic mass is 9.85. The first-order chi connectivity index (χ1) is 14.6. The van der Waals surface area contributed by atoms with Crippen LogP contribution in [0.4, 0.5) is 0 Å². The number of carboxylic acid groups (broad SMARTS) is 1. The molecule has 0 radical (unpaired) electrons. The fourth-order valence-corrected chi connectivity index (χ4v) is 4.99. The Morgan fingerprint density at radius 3 is 2.32 bits per heavy atom. The monoisotopic (exact) mass is 448 g/mol. The van der Waals surface area contributed by atoms with Gasteiger partial charge in [-0.15, -0.1) is 9.24 Å². The molecule has 0 bridgehead atoms. The fourth-order valence-electron chi connectivity index (χ4n) is 4.41. The van der Waals surface area contributed by atoms with Gasteiger partial charge in [-0.3, -0.25) is 4.79 Å². The maximum absolute atomic E-state index is 10.9. The summed E-state index contributed by atoms with van der Waals surface area (Å²) in [4.78, 5) is 10.9. The molecule has 0 saturated heterocycles. The van der Waals surface area contributed by atoms with E-state index in [0.29, 0.717) is 11.6 Å². The van der Waals surface area contributed by atoms with Gasteiger partial charge in [-0.2, -0.15) is 0 Å². The van der Waals surface area contributed by atoms with Gasteiger partial charge in [-0.1, -0.05) is 88.3 Å². The van der Waals surface area contributed by atoms with Crippen LogP contribution in [0.5, 0.6) is 0 Å². The maximum Gasteiger partial charge on any atom is 0.306 e. The molecule has 0 aromatic rings. The summed E-state index contributed by atoms with van der Waals surface area (Å²) in [7, 11) is 3.07. The highest BCUT2D eigenvalue weighted by molar-refractivity contribution is 7.18. The number of carboxylic acids is 1. The molecule has 1 rings (SSSR count). The van der Waals surface area contributed by atoms with Crippen molar-refractivity contribution in [2.45, 2.75) is 111 Å². The van der Waals surface area contributed by atoms with Crippen molar-refractivity contribution in [2.75, 3.05) is 0 Å². The molecule has 0 aliphatic heterocycles. The van der Waals surface area contributed by atoms with Crippen LogP contribution in [0.25, 0.3) is 0 Å². The predicted molar refractivity (Wildman–Crippen MR) is 140 cm³/mol. The lowest BCUT2D eigenvalue weighted by Gasteiger charge is -2.27. The first-order valence-corrected chi connectivity index (χ1v) is 13.3. The van der Waals surface area contributed by atoms with E-state index in [4.69, 9.17) is 5.11 Å². The Bertz CT molecular complexity index is 631. The molecule has 6 atom stereocenters. The zero-order chi connectivity index (χ0) is 23.4. The van der Waals surface area contributed by atoms with Crippen LogP contribution in [-0.2, 0) is 4.79 Å². The van der Waals surface area contributed by atoms with Crippen molar-refractivity contribution < 1.29 is 9.90 Å². The average Bonchev–Trinajstić information content (AvgIpc) is 2.71. The van der Waals surface area contributed by atoms with Crippen molar-refractivity contribution >= 4 is 15.2 Å². The molecule has 3 heteroatoms. The summed E-state index contributed by atoms with van der Waals surface area (Å²) >= 11 is 0. The second kappa shape index (κ2) is 15.0. The quantitative estimate of drug-likeness (QED) is 0.201. The third-order valence-electron chi connectivity index (χ3n) is 7.35. The van der Waals surface area contributed by atoms with Gasteiger partial charge in [0.05, 0.1) is 5.92 Å². The van der Waals surface area contributed by atoms with Gasteiger partial charge in [0.1, 0.15) is 0 Å². The standard InChI is InChI=1S/C28H49O2P/c1-20(10-7-11-21(2)14-9-15-24(5)28(29)30)12-8-13-22(3)16-18-26-19-17-23(4)25(6)27(26)31/h14,17,19-20,22,24-25,27H,7-13,15-16,18,31H2,1-6H3,(H,29,30)/b21-14+. The van der Waals surface area contributed by atoms with E-state index >= 15 is 0 Å². The molecule has 178 valence electrons. The van der Waals surface area contributed by atoms with Crippen molar-refractivity contribution in [3.8, 4) is 0 Å². The summed E-state index contributed by atoms with van der Waals surface area (Å²) < 4.78 is 0. The molecule has 1 aliphatic rings. The van der Waals surface area contributed by atoms with Crippen LogP contribution in [0.15, 0.2) is 34.9 Å². The normalized spacial score (nSPS) is 22.5. The SMILES string of the molecule is CC1=CC=C(CCC(C)CCCC(C)CCC/C(C)=C/CCC(C)C(=O)O)C(P)C1C. The van der Waals surface area contributed by atoms with E-state index in [2.05, 4.69) is 62.1 Å². The molecule has 0 saturated carbocycles. The minimum absolute atomic E-state index is 0.238. The molecular weight excluding hydrogens is 399 g/mol. The van der Waals surface area contributed by atoms with Gasteiger partial charge in [-0.05, 0) is 70.1 Å². The van der Waals surface area contributed by atoms with Crippen molar-refractivity contribution in [3.63, 3.8) is 0 Å². The zero-order valence-electron chi connectivity index (χ0n) is 21.1. The Hall–Kier alpha value is -0.880. The van der Waals surface area contributed by atoms with Gasteiger partial charge in [0.2, 0.25) is 0 Å². The zero-order valence-corrected chi connectivity index (χ0v) is 22.3. The lowest BCUT2D eigenvalue weighted by Crippen LogP contribution is -2.18. The van der Waals surface area contributed by atoms with Crippen LogP contribution in [0.1, 0.15) is 106 Å². The van der Waals surface area contributed by atoms with Crippen LogP contribution in [0, 0.1) is 23.7 Å². The molecule has 0 amide bonds. The average molecular weight is 449 g/mol. The van der Waals surface area contributed by atoms with E-state index in [1.807, 2.05) is 0 Å². The summed E-state index contributed by atoms with van der Waals surface area (Å²) in [5.41, 5.74) is 5.16. The number of carbonyl (C=O) groups is 1. The van der Waals surface area contributed by atoms with Crippen LogP contribution < -0.4 is 0 Å². The molecule has 0 aromatic carbocycles. The fraction of sp³-hybridized carbons (Fsp3) is 0.750. The van der Waals surface area contributed by atoms with Crippen LogP contribution in [0.2, 0.25) is 0 Å². The Kier molecular flexibility index (Phi) is 13.7. The van der Waals surface area contributed by atoms with Crippen molar-refractivity contribution in [3.05, 3.63) is 34.9 Å². The minimum Gasteiger partial charge on any atom is -0.481 e.